The Morgan fingerprint density at radius 2 is 1.59 bits per heavy atom. The fourth-order valence-electron chi connectivity index (χ4n) is 4.68. The second-order valence-electron chi connectivity index (χ2n) is 10.3. The first-order valence-corrected chi connectivity index (χ1v) is 13.2. The number of carbonyl (C=O) groups is 2. The maximum Gasteiger partial charge on any atom is 0.352 e. The van der Waals surface area contributed by atoms with Gasteiger partial charge in [-0.1, -0.05) is 57.5 Å². The summed E-state index contributed by atoms with van der Waals surface area (Å²) in [4.78, 5) is 27.4. The number of carboxylic acids is 1. The van der Waals surface area contributed by atoms with Gasteiger partial charge in [-0.25, -0.2) is 14.0 Å². The van der Waals surface area contributed by atoms with Crippen molar-refractivity contribution in [3.63, 3.8) is 0 Å². The van der Waals surface area contributed by atoms with Gasteiger partial charge in [0, 0.05) is 24.2 Å². The van der Waals surface area contributed by atoms with Gasteiger partial charge in [0.1, 0.15) is 11.5 Å². The van der Waals surface area contributed by atoms with E-state index in [1.54, 1.807) is 22.8 Å². The number of hydrogen-bond donors (Lipinski definition) is 3. The number of para-hydroxylation sites is 1. The van der Waals surface area contributed by atoms with Crippen LogP contribution in [0.1, 0.15) is 38.2 Å². The lowest BCUT2D eigenvalue weighted by Gasteiger charge is -2.31. The highest BCUT2D eigenvalue weighted by Crippen LogP contribution is 2.39. The molecule has 39 heavy (non-hydrogen) atoms. The van der Waals surface area contributed by atoms with Crippen molar-refractivity contribution in [2.45, 2.75) is 27.7 Å². The van der Waals surface area contributed by atoms with E-state index >= 15 is 0 Å². The average molecular weight is 551 g/mol. The summed E-state index contributed by atoms with van der Waals surface area (Å²) in [5.41, 5.74) is 2.75. The molecule has 0 saturated carbocycles. The molecule has 0 aliphatic heterocycles. The molecule has 4 aromatic rings. The zero-order valence-corrected chi connectivity index (χ0v) is 23.1. The number of carboxylic acid groups (broad SMARTS) is 1. The van der Waals surface area contributed by atoms with Gasteiger partial charge in [-0.15, -0.1) is 0 Å². The van der Waals surface area contributed by atoms with Crippen molar-refractivity contribution >= 4 is 51.6 Å². The molecule has 1 heterocycles. The number of fused-ring (bicyclic) bond motifs is 1. The molecule has 0 unspecified atom stereocenters. The zero-order chi connectivity index (χ0) is 28.3. The molecular weight excluding hydrogens is 519 g/mol. The minimum absolute atomic E-state index is 0.0722. The molecule has 0 bridgehead atoms. The van der Waals surface area contributed by atoms with E-state index in [1.165, 1.54) is 24.3 Å². The smallest absolute Gasteiger partial charge is 0.352 e. The molecule has 3 aromatic carbocycles. The number of anilines is 3. The summed E-state index contributed by atoms with van der Waals surface area (Å²) in [5, 5.41) is 16.7. The predicted molar refractivity (Wildman–Crippen MR) is 156 cm³/mol. The van der Waals surface area contributed by atoms with Gasteiger partial charge in [0.25, 0.3) is 0 Å². The van der Waals surface area contributed by atoms with Crippen molar-refractivity contribution in [1.29, 1.82) is 0 Å². The number of benzene rings is 3. The Balaban J connectivity index is 1.86. The minimum Gasteiger partial charge on any atom is -0.477 e. The Morgan fingerprint density at radius 3 is 2.21 bits per heavy atom. The Morgan fingerprint density at radius 1 is 0.949 bits per heavy atom. The van der Waals surface area contributed by atoms with E-state index in [1.807, 2.05) is 24.3 Å². The number of hydrogen-bond acceptors (Lipinski definition) is 3. The monoisotopic (exact) mass is 550 g/mol. The van der Waals surface area contributed by atoms with Gasteiger partial charge in [0.2, 0.25) is 0 Å². The molecule has 0 aliphatic rings. The molecule has 0 fully saturated rings. The van der Waals surface area contributed by atoms with Crippen LogP contribution in [0.3, 0.4) is 0 Å². The molecule has 1 aromatic heterocycles. The van der Waals surface area contributed by atoms with Gasteiger partial charge in [0.15, 0.2) is 0 Å². The normalized spacial score (nSPS) is 11.3. The standard InChI is InChI=1S/C30H32ClFN4O3/c1-18(2)16-35(17-19(3)4)28-24(31)14-23(36-26-8-6-5-7-20(26)13-27(36)29(37)38)15-25(28)34-30(39)33-22-11-9-21(32)10-12-22/h5-15,18-19H,16-17H2,1-4H3,(H,37,38)(H2,33,34,39). The minimum atomic E-state index is -1.09. The number of nitrogens with one attached hydrogen (secondary N) is 2. The van der Waals surface area contributed by atoms with Crippen LogP contribution in [0.15, 0.2) is 66.7 Å². The number of rotatable bonds is 9. The van der Waals surface area contributed by atoms with Gasteiger partial charge in [-0.2, -0.15) is 0 Å². The quantitative estimate of drug-likeness (QED) is 0.198. The Labute approximate surface area is 232 Å². The third-order valence-corrected chi connectivity index (χ3v) is 6.36. The lowest BCUT2D eigenvalue weighted by molar-refractivity contribution is 0.0688. The van der Waals surface area contributed by atoms with E-state index in [9.17, 15) is 19.1 Å². The van der Waals surface area contributed by atoms with E-state index in [4.69, 9.17) is 11.6 Å². The maximum absolute atomic E-state index is 13.4. The van der Waals surface area contributed by atoms with Crippen LogP contribution in [0.2, 0.25) is 5.02 Å². The summed E-state index contributed by atoms with van der Waals surface area (Å²) in [7, 11) is 0. The summed E-state index contributed by atoms with van der Waals surface area (Å²) in [6, 6.07) is 17.3. The highest BCUT2D eigenvalue weighted by atomic mass is 35.5. The van der Waals surface area contributed by atoms with Crippen molar-refractivity contribution < 1.29 is 19.1 Å². The summed E-state index contributed by atoms with van der Waals surface area (Å²) in [6.45, 7) is 9.81. The number of halogens is 2. The van der Waals surface area contributed by atoms with Crippen LogP contribution < -0.4 is 15.5 Å². The maximum atomic E-state index is 13.4. The highest BCUT2D eigenvalue weighted by molar-refractivity contribution is 6.34. The number of urea groups is 1. The molecule has 3 N–H and O–H groups in total. The molecule has 2 amide bonds. The third-order valence-electron chi connectivity index (χ3n) is 6.07. The summed E-state index contributed by atoms with van der Waals surface area (Å²) in [6.07, 6.45) is 0. The molecule has 0 aliphatic carbocycles. The fraction of sp³-hybridized carbons (Fsp3) is 0.267. The fourth-order valence-corrected chi connectivity index (χ4v) is 5.01. The topological polar surface area (TPSA) is 86.6 Å². The first-order chi connectivity index (χ1) is 18.5. The van der Waals surface area contributed by atoms with E-state index in [-0.39, 0.29) is 5.69 Å². The van der Waals surface area contributed by atoms with Crippen LogP contribution in [0.25, 0.3) is 16.6 Å². The summed E-state index contributed by atoms with van der Waals surface area (Å²) < 4.78 is 15.0. The van der Waals surface area contributed by atoms with Crippen molar-refractivity contribution in [3.8, 4) is 5.69 Å². The Hall–Kier alpha value is -4.04. The SMILES string of the molecule is CC(C)CN(CC(C)C)c1c(Cl)cc(-n2c(C(=O)O)cc3ccccc32)cc1NC(=O)Nc1ccc(F)cc1. The first kappa shape index (κ1) is 28.0. The average Bonchev–Trinajstić information content (AvgIpc) is 3.24. The van der Waals surface area contributed by atoms with Crippen LogP contribution in [0, 0.1) is 17.7 Å². The van der Waals surface area contributed by atoms with Crippen LogP contribution >= 0.6 is 11.6 Å². The van der Waals surface area contributed by atoms with Crippen molar-refractivity contribution in [2.75, 3.05) is 28.6 Å². The van der Waals surface area contributed by atoms with Gasteiger partial charge in [-0.05, 0) is 60.4 Å². The summed E-state index contributed by atoms with van der Waals surface area (Å²) in [5.74, 6) is -0.870. The van der Waals surface area contributed by atoms with Gasteiger partial charge < -0.3 is 25.2 Å². The molecule has 7 nitrogen and oxygen atoms in total. The van der Waals surface area contributed by atoms with Crippen LogP contribution in [-0.2, 0) is 0 Å². The van der Waals surface area contributed by atoms with E-state index < -0.39 is 17.8 Å². The largest absolute Gasteiger partial charge is 0.477 e. The molecule has 204 valence electrons. The number of aromatic carboxylic acids is 1. The number of nitrogens with zero attached hydrogens (tertiary/aromatic N) is 2. The van der Waals surface area contributed by atoms with Crippen molar-refractivity contribution in [2.24, 2.45) is 11.8 Å². The number of amides is 2. The van der Waals surface area contributed by atoms with Crippen LogP contribution in [0.5, 0.6) is 0 Å². The molecule has 0 spiro atoms. The van der Waals surface area contributed by atoms with Crippen LogP contribution in [0.4, 0.5) is 26.2 Å². The molecule has 9 heteroatoms. The molecule has 0 saturated heterocycles. The lowest BCUT2D eigenvalue weighted by Crippen LogP contribution is -2.33. The van der Waals surface area contributed by atoms with Crippen LogP contribution in [-0.4, -0.2) is 34.8 Å². The third kappa shape index (κ3) is 6.52. The lowest BCUT2D eigenvalue weighted by atomic mass is 10.1. The predicted octanol–water partition coefficient (Wildman–Crippen LogP) is 7.88. The van der Waals surface area contributed by atoms with E-state index in [0.717, 1.165) is 5.39 Å². The van der Waals surface area contributed by atoms with E-state index in [2.05, 4.69) is 43.2 Å². The molecule has 4 rings (SSSR count). The number of aromatic nitrogens is 1. The molecular formula is C30H32ClFN4O3. The zero-order valence-electron chi connectivity index (χ0n) is 22.3. The Kier molecular flexibility index (Phi) is 8.45. The second-order valence-corrected chi connectivity index (χ2v) is 10.7. The first-order valence-electron chi connectivity index (χ1n) is 12.8. The van der Waals surface area contributed by atoms with Gasteiger partial charge in [-0.3, -0.25) is 0 Å². The van der Waals surface area contributed by atoms with Crippen molar-refractivity contribution in [3.05, 3.63) is 83.3 Å². The molecule has 0 radical (unpaired) electrons. The van der Waals surface area contributed by atoms with Gasteiger partial charge in [0.05, 0.1) is 27.6 Å². The summed E-state index contributed by atoms with van der Waals surface area (Å²) >= 11 is 6.94. The molecule has 0 atom stereocenters. The van der Waals surface area contributed by atoms with Gasteiger partial charge >= 0.3 is 12.0 Å². The number of carbonyl (C=O) groups excluding carboxylic acids is 1. The Bertz CT molecular complexity index is 1490. The van der Waals surface area contributed by atoms with Crippen molar-refractivity contribution in [1.82, 2.24) is 4.57 Å². The van der Waals surface area contributed by atoms with E-state index in [0.29, 0.717) is 58.2 Å². The highest BCUT2D eigenvalue weighted by Gasteiger charge is 2.23. The second kappa shape index (κ2) is 11.8.